The van der Waals surface area contributed by atoms with E-state index in [0.29, 0.717) is 10.4 Å². The van der Waals surface area contributed by atoms with E-state index in [0.717, 1.165) is 16.2 Å². The molecule has 1 aromatic carbocycles. The summed E-state index contributed by atoms with van der Waals surface area (Å²) in [6.07, 6.45) is 0. The standard InChI is InChI=1S/C19H16N2O6S/c1-9-14(19(26)27-3)16(28-15(9)10(2)22)20-13(23)8-21-17(24)11-6-4-5-7-12(11)18(21)25/h4-7H,8H2,1-3H3,(H,20,23). The Morgan fingerprint density at radius 1 is 1.11 bits per heavy atom. The molecule has 1 aliphatic rings. The number of imide groups is 1. The number of carbonyl (C=O) groups excluding carboxylic acids is 5. The van der Waals surface area contributed by atoms with Crippen LogP contribution in [0.25, 0.3) is 0 Å². The first-order valence-electron chi connectivity index (χ1n) is 8.24. The molecule has 0 atom stereocenters. The Kier molecular flexibility index (Phi) is 5.10. The second kappa shape index (κ2) is 7.35. The zero-order valence-electron chi connectivity index (χ0n) is 15.3. The van der Waals surface area contributed by atoms with Gasteiger partial charge in [-0.1, -0.05) is 12.1 Å². The van der Waals surface area contributed by atoms with Crippen molar-refractivity contribution in [3.63, 3.8) is 0 Å². The van der Waals surface area contributed by atoms with Crippen LogP contribution in [0.5, 0.6) is 0 Å². The summed E-state index contributed by atoms with van der Waals surface area (Å²) in [7, 11) is 1.19. The molecule has 1 N–H and O–H groups in total. The Morgan fingerprint density at radius 3 is 2.18 bits per heavy atom. The van der Waals surface area contributed by atoms with Crippen molar-refractivity contribution in [2.45, 2.75) is 13.8 Å². The molecule has 0 saturated carbocycles. The molecule has 0 radical (unpaired) electrons. The molecule has 144 valence electrons. The van der Waals surface area contributed by atoms with Crippen molar-refractivity contribution in [3.05, 3.63) is 51.4 Å². The minimum Gasteiger partial charge on any atom is -0.465 e. The van der Waals surface area contributed by atoms with E-state index in [1.807, 2.05) is 0 Å². The number of benzene rings is 1. The molecular formula is C19H16N2O6S. The van der Waals surface area contributed by atoms with Crippen molar-refractivity contribution in [2.24, 2.45) is 0 Å². The Balaban J connectivity index is 1.84. The van der Waals surface area contributed by atoms with E-state index in [1.54, 1.807) is 19.1 Å². The lowest BCUT2D eigenvalue weighted by Crippen LogP contribution is -2.37. The molecule has 8 nitrogen and oxygen atoms in total. The molecule has 2 aromatic rings. The summed E-state index contributed by atoms with van der Waals surface area (Å²) in [5, 5.41) is 2.65. The number of nitrogens with one attached hydrogen (secondary N) is 1. The number of rotatable bonds is 5. The molecule has 9 heteroatoms. The van der Waals surface area contributed by atoms with Gasteiger partial charge in [0, 0.05) is 0 Å². The van der Waals surface area contributed by atoms with Crippen LogP contribution in [0.15, 0.2) is 24.3 Å². The topological polar surface area (TPSA) is 110 Å². The van der Waals surface area contributed by atoms with E-state index in [1.165, 1.54) is 26.2 Å². The fourth-order valence-electron chi connectivity index (χ4n) is 2.98. The Morgan fingerprint density at radius 2 is 1.68 bits per heavy atom. The Hall–Kier alpha value is -3.33. The molecule has 3 rings (SSSR count). The SMILES string of the molecule is COC(=O)c1c(NC(=O)CN2C(=O)c3ccccc3C2=O)sc(C(C)=O)c1C. The summed E-state index contributed by atoms with van der Waals surface area (Å²) in [4.78, 5) is 62.2. The highest BCUT2D eigenvalue weighted by atomic mass is 32.1. The zero-order valence-corrected chi connectivity index (χ0v) is 16.1. The number of esters is 1. The molecular weight excluding hydrogens is 384 g/mol. The first-order chi connectivity index (χ1) is 13.3. The van der Waals surface area contributed by atoms with Gasteiger partial charge in [0.25, 0.3) is 11.8 Å². The molecule has 1 aliphatic heterocycles. The van der Waals surface area contributed by atoms with Gasteiger partial charge in [0.2, 0.25) is 5.91 Å². The van der Waals surface area contributed by atoms with Gasteiger partial charge >= 0.3 is 5.97 Å². The van der Waals surface area contributed by atoms with E-state index in [9.17, 15) is 24.0 Å². The minimum atomic E-state index is -0.697. The summed E-state index contributed by atoms with van der Waals surface area (Å²) < 4.78 is 4.73. The van der Waals surface area contributed by atoms with Gasteiger partial charge in [0.05, 0.1) is 28.7 Å². The average Bonchev–Trinajstić information content (AvgIpc) is 3.11. The van der Waals surface area contributed by atoms with E-state index < -0.39 is 30.2 Å². The number of thiophene rings is 1. The van der Waals surface area contributed by atoms with E-state index in [2.05, 4.69) is 5.32 Å². The maximum atomic E-state index is 12.5. The predicted molar refractivity (Wildman–Crippen MR) is 101 cm³/mol. The van der Waals surface area contributed by atoms with Gasteiger partial charge in [-0.05, 0) is 31.5 Å². The van der Waals surface area contributed by atoms with Gasteiger partial charge in [-0.3, -0.25) is 24.1 Å². The summed E-state index contributed by atoms with van der Waals surface area (Å²) in [6, 6.07) is 6.30. The van der Waals surface area contributed by atoms with Crippen LogP contribution < -0.4 is 5.32 Å². The molecule has 28 heavy (non-hydrogen) atoms. The highest BCUT2D eigenvalue weighted by molar-refractivity contribution is 7.18. The Labute approximate surface area is 164 Å². The number of amides is 3. The number of hydrogen-bond acceptors (Lipinski definition) is 7. The van der Waals surface area contributed by atoms with Crippen LogP contribution in [-0.2, 0) is 9.53 Å². The highest BCUT2D eigenvalue weighted by Crippen LogP contribution is 2.34. The highest BCUT2D eigenvalue weighted by Gasteiger charge is 2.36. The van der Waals surface area contributed by atoms with Gasteiger partial charge < -0.3 is 10.1 Å². The van der Waals surface area contributed by atoms with Crippen molar-refractivity contribution in [3.8, 4) is 0 Å². The fraction of sp³-hybridized carbons (Fsp3) is 0.211. The van der Waals surface area contributed by atoms with Crippen LogP contribution >= 0.6 is 11.3 Å². The number of carbonyl (C=O) groups is 5. The summed E-state index contributed by atoms with van der Waals surface area (Å²) in [5.41, 5.74) is 0.955. The fourth-order valence-corrected chi connectivity index (χ4v) is 4.08. The molecule has 0 fully saturated rings. The van der Waals surface area contributed by atoms with Crippen LogP contribution in [-0.4, -0.2) is 48.0 Å². The van der Waals surface area contributed by atoms with Crippen LogP contribution in [0.1, 0.15) is 53.2 Å². The third kappa shape index (κ3) is 3.20. The maximum absolute atomic E-state index is 12.5. The maximum Gasteiger partial charge on any atom is 0.341 e. The molecule has 1 aromatic heterocycles. The molecule has 0 aliphatic carbocycles. The number of Topliss-reactive ketones (excluding diaryl/α,β-unsaturated/α-hetero) is 1. The lowest BCUT2D eigenvalue weighted by atomic mass is 10.1. The quantitative estimate of drug-likeness (QED) is 0.468. The Bertz CT molecular complexity index is 1000. The van der Waals surface area contributed by atoms with Crippen LogP contribution in [0.4, 0.5) is 5.00 Å². The first kappa shape index (κ1) is 19.4. The summed E-state index contributed by atoms with van der Waals surface area (Å²) in [6.45, 7) is 2.42. The largest absolute Gasteiger partial charge is 0.465 e. The van der Waals surface area contributed by atoms with Crippen LogP contribution in [0.3, 0.4) is 0 Å². The smallest absolute Gasteiger partial charge is 0.341 e. The monoisotopic (exact) mass is 400 g/mol. The molecule has 0 saturated heterocycles. The molecule has 2 heterocycles. The van der Waals surface area contributed by atoms with Crippen molar-refractivity contribution in [2.75, 3.05) is 19.0 Å². The second-order valence-corrected chi connectivity index (χ2v) is 7.12. The predicted octanol–water partition coefficient (Wildman–Crippen LogP) is 2.28. The number of hydrogen-bond donors (Lipinski definition) is 1. The van der Waals surface area contributed by atoms with Crippen molar-refractivity contribution >= 4 is 45.8 Å². The summed E-state index contributed by atoms with van der Waals surface area (Å²) in [5.74, 6) is -2.74. The number of anilines is 1. The van der Waals surface area contributed by atoms with Crippen molar-refractivity contribution < 1.29 is 28.7 Å². The van der Waals surface area contributed by atoms with Gasteiger partial charge in [0.1, 0.15) is 11.5 Å². The number of nitrogens with zero attached hydrogens (tertiary/aromatic N) is 1. The van der Waals surface area contributed by atoms with E-state index in [4.69, 9.17) is 4.74 Å². The summed E-state index contributed by atoms with van der Waals surface area (Å²) >= 11 is 0.942. The van der Waals surface area contributed by atoms with Gasteiger partial charge in [-0.2, -0.15) is 0 Å². The van der Waals surface area contributed by atoms with Gasteiger partial charge in [0.15, 0.2) is 5.78 Å². The second-order valence-electron chi connectivity index (χ2n) is 6.10. The van der Waals surface area contributed by atoms with Crippen LogP contribution in [0, 0.1) is 6.92 Å². The molecule has 0 unspecified atom stereocenters. The zero-order chi connectivity index (χ0) is 20.6. The van der Waals surface area contributed by atoms with Crippen molar-refractivity contribution in [1.82, 2.24) is 4.90 Å². The van der Waals surface area contributed by atoms with Gasteiger partial charge in [-0.25, -0.2) is 4.79 Å². The lowest BCUT2D eigenvalue weighted by Gasteiger charge is -2.13. The average molecular weight is 400 g/mol. The number of fused-ring (bicyclic) bond motifs is 1. The third-order valence-electron chi connectivity index (χ3n) is 4.29. The minimum absolute atomic E-state index is 0.0772. The molecule has 0 bridgehead atoms. The molecule has 0 spiro atoms. The van der Waals surface area contributed by atoms with Gasteiger partial charge in [-0.15, -0.1) is 11.3 Å². The number of ketones is 1. The first-order valence-corrected chi connectivity index (χ1v) is 9.05. The van der Waals surface area contributed by atoms with E-state index in [-0.39, 0.29) is 27.5 Å². The number of methoxy groups -OCH3 is 1. The third-order valence-corrected chi connectivity index (χ3v) is 5.60. The normalized spacial score (nSPS) is 12.8. The van der Waals surface area contributed by atoms with E-state index >= 15 is 0 Å². The van der Waals surface area contributed by atoms with Crippen molar-refractivity contribution in [1.29, 1.82) is 0 Å². The molecule has 3 amide bonds. The van der Waals surface area contributed by atoms with Crippen LogP contribution in [0.2, 0.25) is 0 Å². The lowest BCUT2D eigenvalue weighted by molar-refractivity contribution is -0.116. The number of ether oxygens (including phenoxy) is 1.